The average molecular weight is 386 g/mol. The van der Waals surface area contributed by atoms with Crippen LogP contribution in [0, 0.1) is 0 Å². The predicted molar refractivity (Wildman–Crippen MR) is 114 cm³/mol. The van der Waals surface area contributed by atoms with Crippen LogP contribution in [0.1, 0.15) is 0 Å². The molecule has 138 valence electrons. The molecule has 4 aromatic rings. The second kappa shape index (κ2) is 8.45. The van der Waals surface area contributed by atoms with Gasteiger partial charge in [0.2, 0.25) is 11.8 Å². The van der Waals surface area contributed by atoms with Crippen molar-refractivity contribution in [2.45, 2.75) is 4.90 Å². The van der Waals surface area contributed by atoms with Gasteiger partial charge in [-0.1, -0.05) is 48.5 Å². The van der Waals surface area contributed by atoms with Crippen molar-refractivity contribution in [3.05, 3.63) is 91.0 Å². The van der Waals surface area contributed by atoms with Gasteiger partial charge >= 0.3 is 0 Å². The van der Waals surface area contributed by atoms with E-state index in [0.29, 0.717) is 11.8 Å². The summed E-state index contributed by atoms with van der Waals surface area (Å²) in [7, 11) is 0. The van der Waals surface area contributed by atoms with Gasteiger partial charge in [0.15, 0.2) is 0 Å². The molecule has 0 aliphatic carbocycles. The molecule has 0 saturated carbocycles. The van der Waals surface area contributed by atoms with Crippen LogP contribution >= 0.6 is 11.9 Å². The summed E-state index contributed by atoms with van der Waals surface area (Å²) in [6.45, 7) is 0. The third-order valence-electron chi connectivity index (χ3n) is 3.88. The lowest BCUT2D eigenvalue weighted by Crippen LogP contribution is -1.99. The molecule has 0 spiro atoms. The maximum absolute atomic E-state index is 5.93. The van der Waals surface area contributed by atoms with Gasteiger partial charge in [0, 0.05) is 22.2 Å². The fraction of sp³-hybridized carbons (Fsp3) is 0. The Balaban J connectivity index is 1.62. The van der Waals surface area contributed by atoms with E-state index in [2.05, 4.69) is 14.7 Å². The highest BCUT2D eigenvalue weighted by molar-refractivity contribution is 8.00. The van der Waals surface area contributed by atoms with Crippen LogP contribution < -0.4 is 15.2 Å². The monoisotopic (exact) mass is 386 g/mol. The molecule has 28 heavy (non-hydrogen) atoms. The van der Waals surface area contributed by atoms with Gasteiger partial charge in [-0.2, -0.15) is 4.98 Å². The van der Waals surface area contributed by atoms with Gasteiger partial charge in [-0.3, -0.25) is 4.72 Å². The Bertz CT molecular complexity index is 1040. The van der Waals surface area contributed by atoms with Crippen molar-refractivity contribution in [3.8, 4) is 22.9 Å². The summed E-state index contributed by atoms with van der Waals surface area (Å²) in [5.41, 5.74) is 8.24. The molecule has 0 unspecified atom stereocenters. The molecule has 0 bridgehead atoms. The van der Waals surface area contributed by atoms with E-state index >= 15 is 0 Å². The van der Waals surface area contributed by atoms with Gasteiger partial charge in [-0.05, 0) is 48.3 Å². The summed E-state index contributed by atoms with van der Waals surface area (Å²) in [5.74, 6) is 1.66. The van der Waals surface area contributed by atoms with Crippen molar-refractivity contribution in [2.75, 3.05) is 10.5 Å². The van der Waals surface area contributed by atoms with Gasteiger partial charge < -0.3 is 10.5 Å². The molecule has 0 radical (unpaired) electrons. The number of ether oxygens (including phenoxy) is 1. The molecule has 1 aromatic heterocycles. The van der Waals surface area contributed by atoms with Gasteiger partial charge in [0.1, 0.15) is 5.75 Å². The Kier molecular flexibility index (Phi) is 5.40. The lowest BCUT2D eigenvalue weighted by molar-refractivity contribution is 0.463. The van der Waals surface area contributed by atoms with E-state index in [4.69, 9.17) is 10.5 Å². The zero-order chi connectivity index (χ0) is 19.2. The highest BCUT2D eigenvalue weighted by Gasteiger charge is 2.09. The summed E-state index contributed by atoms with van der Waals surface area (Å²) in [6.07, 6.45) is 0. The second-order valence-corrected chi connectivity index (χ2v) is 6.85. The first-order valence-corrected chi connectivity index (χ1v) is 9.54. The van der Waals surface area contributed by atoms with E-state index in [1.165, 1.54) is 11.9 Å². The molecule has 6 heteroatoms. The minimum Gasteiger partial charge on any atom is -0.439 e. The van der Waals surface area contributed by atoms with Crippen molar-refractivity contribution in [1.82, 2.24) is 9.97 Å². The van der Waals surface area contributed by atoms with Crippen molar-refractivity contribution in [3.63, 3.8) is 0 Å². The number of rotatable bonds is 6. The predicted octanol–water partition coefficient (Wildman–Crippen LogP) is 5.64. The minimum absolute atomic E-state index is 0.467. The largest absolute Gasteiger partial charge is 0.439 e. The zero-order valence-corrected chi connectivity index (χ0v) is 15.8. The van der Waals surface area contributed by atoms with Crippen molar-refractivity contribution >= 4 is 23.6 Å². The number of hydrogen-bond donors (Lipinski definition) is 2. The zero-order valence-electron chi connectivity index (χ0n) is 14.9. The van der Waals surface area contributed by atoms with E-state index in [1.54, 1.807) is 0 Å². The first-order valence-electron chi connectivity index (χ1n) is 8.72. The number of nitrogen functional groups attached to an aromatic ring is 1. The Morgan fingerprint density at radius 1 is 0.786 bits per heavy atom. The maximum Gasteiger partial charge on any atom is 0.237 e. The molecular weight excluding hydrogens is 368 g/mol. The molecule has 0 atom stereocenters. The molecule has 0 aliphatic heterocycles. The molecule has 3 aromatic carbocycles. The lowest BCUT2D eigenvalue weighted by Gasteiger charge is -2.10. The maximum atomic E-state index is 5.93. The van der Waals surface area contributed by atoms with Gasteiger partial charge in [-0.25, -0.2) is 4.98 Å². The molecule has 0 aliphatic rings. The average Bonchev–Trinajstić information content (AvgIpc) is 2.75. The van der Waals surface area contributed by atoms with Gasteiger partial charge in [0.25, 0.3) is 0 Å². The van der Waals surface area contributed by atoms with Crippen LogP contribution in [-0.2, 0) is 0 Å². The summed E-state index contributed by atoms with van der Waals surface area (Å²) in [5, 5.41) is 0. The Hall–Kier alpha value is -3.51. The van der Waals surface area contributed by atoms with Crippen molar-refractivity contribution in [2.24, 2.45) is 0 Å². The first-order chi connectivity index (χ1) is 13.8. The van der Waals surface area contributed by atoms with E-state index < -0.39 is 0 Å². The van der Waals surface area contributed by atoms with E-state index in [1.807, 2.05) is 91.0 Å². The van der Waals surface area contributed by atoms with Crippen LogP contribution in [0.2, 0.25) is 0 Å². The minimum atomic E-state index is 0.467. The Morgan fingerprint density at radius 3 is 2.18 bits per heavy atom. The van der Waals surface area contributed by atoms with Crippen LogP contribution in [0.4, 0.5) is 11.6 Å². The number of nitrogens with one attached hydrogen (secondary N) is 1. The third-order valence-corrected chi connectivity index (χ3v) is 4.67. The Labute approximate surface area is 167 Å². The van der Waals surface area contributed by atoms with E-state index in [-0.39, 0.29) is 0 Å². The molecule has 0 saturated heterocycles. The SMILES string of the molecule is Nc1ccc(SNc2nc(Oc3ccccc3)cc(-c3ccccc3)n2)cc1. The number of nitrogens with two attached hydrogens (primary N) is 1. The molecular formula is C22H18N4OS. The van der Waals surface area contributed by atoms with Crippen LogP contribution in [-0.4, -0.2) is 9.97 Å². The van der Waals surface area contributed by atoms with Crippen molar-refractivity contribution in [1.29, 1.82) is 0 Å². The van der Waals surface area contributed by atoms with Crippen LogP contribution in [0.25, 0.3) is 11.3 Å². The van der Waals surface area contributed by atoms with Gasteiger partial charge in [-0.15, -0.1) is 0 Å². The number of anilines is 2. The molecule has 0 fully saturated rings. The van der Waals surface area contributed by atoms with Crippen LogP contribution in [0.3, 0.4) is 0 Å². The fourth-order valence-electron chi connectivity index (χ4n) is 2.53. The topological polar surface area (TPSA) is 73.1 Å². The normalized spacial score (nSPS) is 10.4. The fourth-order valence-corrected chi connectivity index (χ4v) is 3.10. The second-order valence-electron chi connectivity index (χ2n) is 5.97. The molecule has 0 amide bonds. The number of nitrogens with zero attached hydrogens (tertiary/aromatic N) is 2. The molecule has 4 rings (SSSR count). The highest BCUT2D eigenvalue weighted by Crippen LogP contribution is 2.28. The summed E-state index contributed by atoms with van der Waals surface area (Å²) < 4.78 is 9.12. The standard InChI is InChI=1S/C22H18N4OS/c23-17-11-13-19(14-12-17)28-26-22-24-20(16-7-3-1-4-8-16)15-21(25-22)27-18-9-5-2-6-10-18/h1-15H,23H2,(H,24,25,26). The lowest BCUT2D eigenvalue weighted by atomic mass is 10.1. The van der Waals surface area contributed by atoms with E-state index in [0.717, 1.165) is 27.6 Å². The van der Waals surface area contributed by atoms with E-state index in [9.17, 15) is 0 Å². The Morgan fingerprint density at radius 2 is 1.46 bits per heavy atom. The third kappa shape index (κ3) is 4.61. The highest BCUT2D eigenvalue weighted by atomic mass is 32.2. The number of benzene rings is 3. The van der Waals surface area contributed by atoms with Crippen LogP contribution in [0.15, 0.2) is 95.9 Å². The first kappa shape index (κ1) is 17.9. The van der Waals surface area contributed by atoms with Gasteiger partial charge in [0.05, 0.1) is 5.69 Å². The number of hydrogen-bond acceptors (Lipinski definition) is 6. The summed E-state index contributed by atoms with van der Waals surface area (Å²) in [4.78, 5) is 10.1. The van der Waals surface area contributed by atoms with Crippen LogP contribution in [0.5, 0.6) is 11.6 Å². The molecule has 5 nitrogen and oxygen atoms in total. The molecule has 1 heterocycles. The van der Waals surface area contributed by atoms with Crippen molar-refractivity contribution < 1.29 is 4.74 Å². The number of para-hydroxylation sites is 1. The molecule has 3 N–H and O–H groups in total. The summed E-state index contributed by atoms with van der Waals surface area (Å²) in [6, 6.07) is 28.9. The summed E-state index contributed by atoms with van der Waals surface area (Å²) >= 11 is 1.42. The smallest absolute Gasteiger partial charge is 0.237 e. The quantitative estimate of drug-likeness (QED) is 0.330. The number of aromatic nitrogens is 2.